The van der Waals surface area contributed by atoms with Crippen LogP contribution in [0.25, 0.3) is 0 Å². The lowest BCUT2D eigenvalue weighted by Gasteiger charge is -2.35. The van der Waals surface area contributed by atoms with Crippen LogP contribution in [0.5, 0.6) is 0 Å². The highest BCUT2D eigenvalue weighted by molar-refractivity contribution is 8.14. The van der Waals surface area contributed by atoms with Crippen molar-refractivity contribution in [2.24, 2.45) is 4.99 Å². The van der Waals surface area contributed by atoms with E-state index >= 15 is 0 Å². The largest absolute Gasteiger partial charge is 0.348 e. The van der Waals surface area contributed by atoms with E-state index in [-0.39, 0.29) is 6.03 Å². The van der Waals surface area contributed by atoms with Crippen LogP contribution in [0, 0.1) is 0 Å². The fourth-order valence-electron chi connectivity index (χ4n) is 2.37. The van der Waals surface area contributed by atoms with Gasteiger partial charge in [0.1, 0.15) is 0 Å². The molecule has 0 aromatic carbocycles. The third-order valence-corrected chi connectivity index (χ3v) is 4.71. The summed E-state index contributed by atoms with van der Waals surface area (Å²) >= 11 is 1.83. The maximum atomic E-state index is 12.2. The molecule has 7 heteroatoms. The topological polar surface area (TPSA) is 60.8 Å². The lowest BCUT2D eigenvalue weighted by atomic mass is 10.3. The summed E-state index contributed by atoms with van der Waals surface area (Å²) in [5, 5.41) is 4.61. The van der Waals surface area contributed by atoms with Crippen molar-refractivity contribution < 1.29 is 4.79 Å². The van der Waals surface area contributed by atoms with Crippen LogP contribution in [0.3, 0.4) is 0 Å². The lowest BCUT2D eigenvalue weighted by molar-refractivity contribution is 0.182. The molecule has 0 aliphatic carbocycles. The highest BCUT2D eigenvalue weighted by Gasteiger charge is 2.26. The van der Waals surface area contributed by atoms with Crippen LogP contribution in [0.1, 0.15) is 6.92 Å². The van der Waals surface area contributed by atoms with Crippen molar-refractivity contribution in [3.8, 4) is 0 Å². The average molecular weight is 305 g/mol. The van der Waals surface area contributed by atoms with E-state index in [4.69, 9.17) is 0 Å². The standard InChI is InChI=1S/C14H19N5OS/c1-11-10-16-14(21-11)19-8-6-18(7-9-19)13(20)17-12-2-4-15-5-3-12/h2-5,11H,6-10H2,1H3,(H,15,17,20). The van der Waals surface area contributed by atoms with Crippen molar-refractivity contribution in [1.82, 2.24) is 14.8 Å². The van der Waals surface area contributed by atoms with Crippen LogP contribution >= 0.6 is 11.8 Å². The Balaban J connectivity index is 1.50. The average Bonchev–Trinajstić information content (AvgIpc) is 2.95. The Hall–Kier alpha value is -1.76. The van der Waals surface area contributed by atoms with Gasteiger partial charge in [0.15, 0.2) is 5.17 Å². The number of hydrogen-bond donors (Lipinski definition) is 1. The van der Waals surface area contributed by atoms with Crippen molar-refractivity contribution in [3.63, 3.8) is 0 Å². The van der Waals surface area contributed by atoms with E-state index in [1.54, 1.807) is 24.5 Å². The quantitative estimate of drug-likeness (QED) is 0.858. The third-order valence-electron chi connectivity index (χ3n) is 3.56. The normalized spacial score (nSPS) is 22.1. The van der Waals surface area contributed by atoms with Crippen LogP contribution in [0.4, 0.5) is 10.5 Å². The van der Waals surface area contributed by atoms with Gasteiger partial charge in [-0.2, -0.15) is 0 Å². The molecule has 6 nitrogen and oxygen atoms in total. The minimum Gasteiger partial charge on any atom is -0.348 e. The minimum absolute atomic E-state index is 0.0461. The van der Waals surface area contributed by atoms with Crippen LogP contribution in [0.15, 0.2) is 29.5 Å². The maximum Gasteiger partial charge on any atom is 0.321 e. The number of amides is 2. The van der Waals surface area contributed by atoms with Crippen molar-refractivity contribution in [1.29, 1.82) is 0 Å². The predicted octanol–water partition coefficient (Wildman–Crippen LogP) is 1.72. The zero-order valence-electron chi connectivity index (χ0n) is 12.0. The number of piperazine rings is 1. The Morgan fingerprint density at radius 1 is 1.29 bits per heavy atom. The molecular formula is C14H19N5OS. The number of carbonyl (C=O) groups is 1. The number of anilines is 1. The summed E-state index contributed by atoms with van der Waals surface area (Å²) in [6, 6.07) is 3.54. The number of thioether (sulfide) groups is 1. The Bertz CT molecular complexity index is 527. The Morgan fingerprint density at radius 2 is 2.00 bits per heavy atom. The van der Waals surface area contributed by atoms with E-state index < -0.39 is 0 Å². The highest BCUT2D eigenvalue weighted by atomic mass is 32.2. The molecule has 1 unspecified atom stereocenters. The molecule has 0 radical (unpaired) electrons. The first-order chi connectivity index (χ1) is 10.2. The summed E-state index contributed by atoms with van der Waals surface area (Å²) in [4.78, 5) is 24.8. The maximum absolute atomic E-state index is 12.2. The number of rotatable bonds is 1. The molecule has 0 spiro atoms. The molecule has 1 atom stereocenters. The van der Waals surface area contributed by atoms with E-state index in [1.807, 2.05) is 16.7 Å². The summed E-state index contributed by atoms with van der Waals surface area (Å²) in [6.45, 7) is 6.25. The first-order valence-corrected chi connectivity index (χ1v) is 8.02. The van der Waals surface area contributed by atoms with E-state index in [9.17, 15) is 4.79 Å². The molecule has 1 aromatic rings. The van der Waals surface area contributed by atoms with Gasteiger partial charge in [-0.25, -0.2) is 4.79 Å². The molecule has 0 bridgehead atoms. The number of aromatic nitrogens is 1. The van der Waals surface area contributed by atoms with Crippen molar-refractivity contribution >= 4 is 28.6 Å². The molecule has 1 N–H and O–H groups in total. The molecule has 1 saturated heterocycles. The van der Waals surface area contributed by atoms with Crippen molar-refractivity contribution in [2.45, 2.75) is 12.2 Å². The number of carbonyl (C=O) groups excluding carboxylic acids is 1. The third kappa shape index (κ3) is 3.47. The molecule has 112 valence electrons. The van der Waals surface area contributed by atoms with Gasteiger partial charge in [0.05, 0.1) is 6.54 Å². The summed E-state index contributed by atoms with van der Waals surface area (Å²) in [6.07, 6.45) is 3.34. The number of amidine groups is 1. The number of hydrogen-bond acceptors (Lipinski definition) is 5. The summed E-state index contributed by atoms with van der Waals surface area (Å²) in [7, 11) is 0. The van der Waals surface area contributed by atoms with Crippen molar-refractivity contribution in [2.75, 3.05) is 38.0 Å². The van der Waals surface area contributed by atoms with Gasteiger partial charge in [0.25, 0.3) is 0 Å². The van der Waals surface area contributed by atoms with Crippen LogP contribution in [-0.4, -0.2) is 64.0 Å². The van der Waals surface area contributed by atoms with Gasteiger partial charge >= 0.3 is 6.03 Å². The van der Waals surface area contributed by atoms with Gasteiger partial charge in [-0.15, -0.1) is 0 Å². The second-order valence-corrected chi connectivity index (χ2v) is 6.60. The minimum atomic E-state index is -0.0461. The Morgan fingerprint density at radius 3 is 2.62 bits per heavy atom. The zero-order chi connectivity index (χ0) is 14.7. The van der Waals surface area contributed by atoms with Crippen LogP contribution in [-0.2, 0) is 0 Å². The molecular weight excluding hydrogens is 286 g/mol. The van der Waals surface area contributed by atoms with Gasteiger partial charge in [-0.3, -0.25) is 9.98 Å². The molecule has 0 saturated carbocycles. The number of nitrogens with one attached hydrogen (secondary N) is 1. The molecule has 3 rings (SSSR count). The monoisotopic (exact) mass is 305 g/mol. The first-order valence-electron chi connectivity index (χ1n) is 7.14. The SMILES string of the molecule is CC1CN=C(N2CCN(C(=O)Nc3ccncc3)CC2)S1. The smallest absolute Gasteiger partial charge is 0.321 e. The van der Waals surface area contributed by atoms with E-state index in [0.717, 1.165) is 43.6 Å². The van der Waals surface area contributed by atoms with E-state index in [2.05, 4.69) is 27.1 Å². The zero-order valence-corrected chi connectivity index (χ0v) is 12.8. The summed E-state index contributed by atoms with van der Waals surface area (Å²) in [5.74, 6) is 0. The second-order valence-electron chi connectivity index (χ2n) is 5.19. The fourth-order valence-corrected chi connectivity index (χ4v) is 3.36. The fraction of sp³-hybridized carbons (Fsp3) is 0.500. The van der Waals surface area contributed by atoms with E-state index in [0.29, 0.717) is 5.25 Å². The number of aliphatic imine (C=N–C) groups is 1. The Labute approximate surface area is 128 Å². The molecule has 2 amide bonds. The molecule has 2 aliphatic rings. The number of nitrogens with zero attached hydrogens (tertiary/aromatic N) is 4. The predicted molar refractivity (Wildman–Crippen MR) is 85.8 cm³/mol. The van der Waals surface area contributed by atoms with Gasteiger partial charge in [0.2, 0.25) is 0 Å². The lowest BCUT2D eigenvalue weighted by Crippen LogP contribution is -2.51. The van der Waals surface area contributed by atoms with Crippen LogP contribution in [0.2, 0.25) is 0 Å². The second kappa shape index (κ2) is 6.34. The molecule has 3 heterocycles. The molecule has 1 aromatic heterocycles. The first kappa shape index (κ1) is 14.2. The Kier molecular flexibility index (Phi) is 4.28. The summed E-state index contributed by atoms with van der Waals surface area (Å²) < 4.78 is 0. The number of pyridine rings is 1. The summed E-state index contributed by atoms with van der Waals surface area (Å²) in [5.41, 5.74) is 0.780. The van der Waals surface area contributed by atoms with E-state index in [1.165, 1.54) is 0 Å². The van der Waals surface area contributed by atoms with Gasteiger partial charge in [-0.05, 0) is 12.1 Å². The van der Waals surface area contributed by atoms with Gasteiger partial charge in [0, 0.05) is 49.5 Å². The molecule has 1 fully saturated rings. The number of urea groups is 1. The van der Waals surface area contributed by atoms with Gasteiger partial charge in [-0.1, -0.05) is 18.7 Å². The van der Waals surface area contributed by atoms with Gasteiger partial charge < -0.3 is 15.1 Å². The molecule has 2 aliphatic heterocycles. The van der Waals surface area contributed by atoms with Crippen molar-refractivity contribution in [3.05, 3.63) is 24.5 Å². The highest BCUT2D eigenvalue weighted by Crippen LogP contribution is 2.23. The molecule has 21 heavy (non-hydrogen) atoms. The van der Waals surface area contributed by atoms with Crippen LogP contribution < -0.4 is 5.32 Å².